The smallest absolute Gasteiger partial charge is 0.335 e. The van der Waals surface area contributed by atoms with Gasteiger partial charge in [0.15, 0.2) is 0 Å². The van der Waals surface area contributed by atoms with E-state index in [0.29, 0.717) is 6.42 Å². The molecule has 2 fully saturated rings. The molecule has 0 aromatic heterocycles. The van der Waals surface area contributed by atoms with E-state index in [1.807, 2.05) is 6.08 Å². The molecule has 0 spiro atoms. The number of thioether (sulfide) groups is 1. The second-order valence-corrected chi connectivity index (χ2v) is 20.7. The van der Waals surface area contributed by atoms with Gasteiger partial charge in [0, 0.05) is 6.42 Å². The summed E-state index contributed by atoms with van der Waals surface area (Å²) < 4.78 is 27.9. The normalized spacial score (nSPS) is 34.7. The Bertz CT molecular complexity index is 616. The van der Waals surface area contributed by atoms with Crippen LogP contribution >= 0.6 is 11.8 Å². The summed E-state index contributed by atoms with van der Waals surface area (Å²) in [6.45, 7) is 23.2. The van der Waals surface area contributed by atoms with Gasteiger partial charge in [0.25, 0.3) is 0 Å². The Balaban J connectivity index is 2.81. The highest BCUT2D eigenvalue weighted by atomic mass is 32.2. The maximum absolute atomic E-state index is 11.4. The van der Waals surface area contributed by atoms with Gasteiger partial charge in [0.1, 0.15) is 29.3 Å². The topological polar surface area (TPSA) is 77.4 Å². The van der Waals surface area contributed by atoms with Crippen LogP contribution in [0.2, 0.25) is 22.2 Å². The average molecular weight is 507 g/mol. The number of hydrogen-bond acceptors (Lipinski definition) is 7. The molecule has 6 nitrogen and oxygen atoms in total. The molecule has 1 unspecified atom stereocenters. The van der Waals surface area contributed by atoms with Crippen LogP contribution in [0.15, 0.2) is 12.7 Å². The van der Waals surface area contributed by atoms with E-state index in [1.165, 1.54) is 0 Å². The zero-order valence-electron chi connectivity index (χ0n) is 21.5. The predicted octanol–water partition coefficient (Wildman–Crippen LogP) is 5.09. The molecular formula is C23H46O6SSi2. The van der Waals surface area contributed by atoms with Gasteiger partial charge in [-0.3, -0.25) is 0 Å². The zero-order valence-corrected chi connectivity index (χ0v) is 24.3. The summed E-state index contributed by atoms with van der Waals surface area (Å²) in [5.41, 5.74) is 0.721. The lowest BCUT2D eigenvalue weighted by Gasteiger charge is -2.52. The van der Waals surface area contributed by atoms with Crippen molar-refractivity contribution < 1.29 is 27.9 Å². The summed E-state index contributed by atoms with van der Waals surface area (Å²) in [4.78, 5) is -0.808. The Kier molecular flexibility index (Phi) is 9.72. The molecule has 2 aliphatic heterocycles. The first kappa shape index (κ1) is 28.5. The van der Waals surface area contributed by atoms with Crippen LogP contribution in [0.3, 0.4) is 0 Å². The monoisotopic (exact) mass is 506 g/mol. The van der Waals surface area contributed by atoms with Gasteiger partial charge in [-0.15, -0.1) is 18.3 Å². The minimum Gasteiger partial charge on any atom is -0.414 e. The van der Waals surface area contributed by atoms with Gasteiger partial charge in [0.2, 0.25) is 0 Å². The Morgan fingerprint density at radius 3 is 1.88 bits per heavy atom. The third-order valence-corrected chi connectivity index (χ3v) is 18.5. The largest absolute Gasteiger partial charge is 0.414 e. The SMILES string of the molecule is C=CCC1(SCC)O[C@H](CO)[C@@H](O)[C@@H]2O[Si](C(C)C)(C(C)C)O[Si](C(C)C)(C(C)C)O[C@H]21. The van der Waals surface area contributed by atoms with Gasteiger partial charge in [0.05, 0.1) is 6.61 Å². The van der Waals surface area contributed by atoms with Crippen LogP contribution in [-0.4, -0.2) is 69.0 Å². The van der Waals surface area contributed by atoms with E-state index in [4.69, 9.17) is 17.7 Å². The first-order valence-electron chi connectivity index (χ1n) is 12.1. The Morgan fingerprint density at radius 2 is 1.47 bits per heavy atom. The van der Waals surface area contributed by atoms with Crippen LogP contribution in [0.1, 0.15) is 68.7 Å². The maximum atomic E-state index is 11.4. The van der Waals surface area contributed by atoms with Crippen molar-refractivity contribution in [2.75, 3.05) is 12.4 Å². The molecule has 2 aliphatic rings. The predicted molar refractivity (Wildman–Crippen MR) is 136 cm³/mol. The van der Waals surface area contributed by atoms with Crippen LogP contribution < -0.4 is 0 Å². The number of aliphatic hydroxyl groups excluding tert-OH is 2. The van der Waals surface area contributed by atoms with E-state index in [1.54, 1.807) is 11.8 Å². The molecule has 0 aromatic rings. The summed E-state index contributed by atoms with van der Waals surface area (Å²) in [6.07, 6.45) is -0.549. The van der Waals surface area contributed by atoms with Gasteiger partial charge in [-0.2, -0.15) is 0 Å². The Labute approximate surface area is 201 Å². The Hall–Kier alpha value is 0.284. The fraction of sp³-hybridized carbons (Fsp3) is 0.913. The van der Waals surface area contributed by atoms with E-state index >= 15 is 0 Å². The molecule has 0 aliphatic carbocycles. The van der Waals surface area contributed by atoms with Gasteiger partial charge in [-0.1, -0.05) is 68.4 Å². The number of ether oxygens (including phenoxy) is 1. The maximum Gasteiger partial charge on any atom is 0.335 e. The van der Waals surface area contributed by atoms with Crippen LogP contribution in [-0.2, 0) is 17.7 Å². The summed E-state index contributed by atoms with van der Waals surface area (Å²) >= 11 is 1.64. The lowest BCUT2D eigenvalue weighted by atomic mass is 9.93. The van der Waals surface area contributed by atoms with Crippen molar-refractivity contribution in [2.24, 2.45) is 0 Å². The second-order valence-electron chi connectivity index (χ2n) is 10.4. The van der Waals surface area contributed by atoms with Crippen LogP contribution in [0.4, 0.5) is 0 Å². The third-order valence-electron chi connectivity index (χ3n) is 6.97. The van der Waals surface area contributed by atoms with Crippen molar-refractivity contribution in [2.45, 2.75) is 120 Å². The lowest BCUT2D eigenvalue weighted by Crippen LogP contribution is -2.67. The van der Waals surface area contributed by atoms with Gasteiger partial charge >= 0.3 is 17.1 Å². The van der Waals surface area contributed by atoms with Crippen molar-refractivity contribution >= 4 is 28.9 Å². The first-order valence-corrected chi connectivity index (χ1v) is 17.1. The van der Waals surface area contributed by atoms with Gasteiger partial charge in [-0.25, -0.2) is 0 Å². The number of aliphatic hydroxyl groups is 2. The zero-order chi connectivity index (χ0) is 24.5. The number of fused-ring (bicyclic) bond motifs is 1. The molecule has 0 saturated carbocycles. The van der Waals surface area contributed by atoms with E-state index in [-0.39, 0.29) is 28.8 Å². The lowest BCUT2D eigenvalue weighted by molar-refractivity contribution is -0.231. The molecule has 2 rings (SSSR count). The fourth-order valence-corrected chi connectivity index (χ4v) is 18.0. The molecule has 32 heavy (non-hydrogen) atoms. The molecule has 0 aromatic carbocycles. The quantitative estimate of drug-likeness (QED) is 0.333. The summed E-state index contributed by atoms with van der Waals surface area (Å²) in [5.74, 6) is 0.796. The van der Waals surface area contributed by atoms with Crippen molar-refractivity contribution in [3.8, 4) is 0 Å². The molecule has 0 amide bonds. The van der Waals surface area contributed by atoms with Crippen molar-refractivity contribution in [3.05, 3.63) is 12.7 Å². The highest BCUT2D eigenvalue weighted by Crippen LogP contribution is 2.53. The molecule has 188 valence electrons. The molecule has 2 heterocycles. The third kappa shape index (κ3) is 4.84. The summed E-state index contributed by atoms with van der Waals surface area (Å²) in [7, 11) is -5.68. The van der Waals surface area contributed by atoms with E-state index < -0.39 is 46.5 Å². The van der Waals surface area contributed by atoms with Gasteiger partial charge < -0.3 is 27.9 Å². The fourth-order valence-electron chi connectivity index (χ4n) is 5.31. The second kappa shape index (κ2) is 10.9. The number of hydrogen-bond donors (Lipinski definition) is 2. The summed E-state index contributed by atoms with van der Waals surface area (Å²) in [5, 5.41) is 21.4. The van der Waals surface area contributed by atoms with Crippen molar-refractivity contribution in [1.82, 2.24) is 0 Å². The minimum atomic E-state index is -2.85. The minimum absolute atomic E-state index is 0.171. The van der Waals surface area contributed by atoms with Crippen molar-refractivity contribution in [3.63, 3.8) is 0 Å². The van der Waals surface area contributed by atoms with E-state index in [2.05, 4.69) is 68.9 Å². The molecule has 2 N–H and O–H groups in total. The standard InChI is InChI=1S/C23H46O6SSi2/c1-11-13-23(30-12-2)22-21(20(25)19(14-24)26-23)27-31(15(3)4,16(5)6)29-32(28-22,17(7)8)18(9)10/h11,15-22,24-25H,1,12-14H2,2-10H3/t19-,20-,21+,22-,23?/m1/s1. The molecule has 9 heteroatoms. The van der Waals surface area contributed by atoms with E-state index in [9.17, 15) is 10.2 Å². The van der Waals surface area contributed by atoms with Crippen LogP contribution in [0.5, 0.6) is 0 Å². The van der Waals surface area contributed by atoms with Crippen LogP contribution in [0, 0.1) is 0 Å². The van der Waals surface area contributed by atoms with E-state index in [0.717, 1.165) is 5.75 Å². The Morgan fingerprint density at radius 1 is 0.969 bits per heavy atom. The van der Waals surface area contributed by atoms with Crippen LogP contribution in [0.25, 0.3) is 0 Å². The van der Waals surface area contributed by atoms with Gasteiger partial charge in [-0.05, 0) is 27.9 Å². The molecule has 0 bridgehead atoms. The number of rotatable bonds is 9. The highest BCUT2D eigenvalue weighted by molar-refractivity contribution is 8.00. The summed E-state index contributed by atoms with van der Waals surface area (Å²) in [6, 6.07) is 0. The highest BCUT2D eigenvalue weighted by Gasteiger charge is 2.67. The molecule has 0 radical (unpaired) electrons. The average Bonchev–Trinajstić information content (AvgIpc) is 2.89. The molecular weight excluding hydrogens is 460 g/mol. The molecule has 2 saturated heterocycles. The van der Waals surface area contributed by atoms with Crippen molar-refractivity contribution in [1.29, 1.82) is 0 Å². The molecule has 5 atom stereocenters. The first-order chi connectivity index (χ1) is 14.9.